The summed E-state index contributed by atoms with van der Waals surface area (Å²) in [6.45, 7) is 8.31. The highest BCUT2D eigenvalue weighted by Gasteiger charge is 2.25. The number of aromatic nitrogens is 1. The molecule has 0 spiro atoms. The zero-order chi connectivity index (χ0) is 21.2. The molecule has 0 unspecified atom stereocenters. The van der Waals surface area contributed by atoms with E-state index in [1.807, 2.05) is 0 Å². The van der Waals surface area contributed by atoms with E-state index in [9.17, 15) is 0 Å². The Morgan fingerprint density at radius 3 is 2.61 bits per heavy atom. The van der Waals surface area contributed by atoms with Crippen LogP contribution in [0.5, 0.6) is 5.75 Å². The lowest BCUT2D eigenvalue weighted by Gasteiger charge is -2.31. The number of hydrogen-bond donors (Lipinski definition) is 0. The third kappa shape index (κ3) is 3.68. The first kappa shape index (κ1) is 20.0. The Morgan fingerprint density at radius 2 is 1.74 bits per heavy atom. The Bertz CT molecular complexity index is 1230. The van der Waals surface area contributed by atoms with E-state index in [2.05, 4.69) is 79.4 Å². The van der Waals surface area contributed by atoms with Crippen molar-refractivity contribution in [2.45, 2.75) is 39.7 Å². The molecule has 3 nitrogen and oxygen atoms in total. The molecule has 31 heavy (non-hydrogen) atoms. The zero-order valence-electron chi connectivity index (χ0n) is 18.5. The van der Waals surface area contributed by atoms with Gasteiger partial charge in [-0.2, -0.15) is 0 Å². The van der Waals surface area contributed by atoms with E-state index in [4.69, 9.17) is 9.72 Å². The quantitative estimate of drug-likeness (QED) is 0.334. The fourth-order valence-electron chi connectivity index (χ4n) is 4.90. The maximum Gasteiger partial charge on any atom is 0.128 e. The summed E-state index contributed by atoms with van der Waals surface area (Å²) in [5.74, 6) is 0.937. The molecule has 1 aliphatic heterocycles. The van der Waals surface area contributed by atoms with Crippen molar-refractivity contribution in [3.05, 3.63) is 71.8 Å². The Balaban J connectivity index is 1.78. The van der Waals surface area contributed by atoms with Gasteiger partial charge in [-0.25, -0.2) is 4.98 Å². The van der Waals surface area contributed by atoms with E-state index < -0.39 is 0 Å². The van der Waals surface area contributed by atoms with Crippen LogP contribution >= 0.6 is 0 Å². The first-order chi connectivity index (χ1) is 15.3. The maximum atomic E-state index is 6.13. The largest absolute Gasteiger partial charge is 0.493 e. The monoisotopic (exact) mass is 410 g/mol. The molecular formula is C28H30N2O. The minimum Gasteiger partial charge on any atom is -0.493 e. The number of ether oxygens (including phenoxy) is 1. The van der Waals surface area contributed by atoms with Gasteiger partial charge in [-0.3, -0.25) is 4.90 Å². The highest BCUT2D eigenvalue weighted by Crippen LogP contribution is 2.40. The smallest absolute Gasteiger partial charge is 0.128 e. The van der Waals surface area contributed by atoms with E-state index >= 15 is 0 Å². The van der Waals surface area contributed by atoms with Gasteiger partial charge in [0.2, 0.25) is 0 Å². The van der Waals surface area contributed by atoms with Crippen molar-refractivity contribution in [2.75, 3.05) is 19.7 Å². The second kappa shape index (κ2) is 8.68. The highest BCUT2D eigenvalue weighted by atomic mass is 16.5. The van der Waals surface area contributed by atoms with E-state index in [1.165, 1.54) is 33.7 Å². The lowest BCUT2D eigenvalue weighted by atomic mass is 9.89. The Morgan fingerprint density at radius 1 is 0.903 bits per heavy atom. The molecule has 3 aromatic carbocycles. The summed E-state index contributed by atoms with van der Waals surface area (Å²) in [5.41, 5.74) is 6.12. The van der Waals surface area contributed by atoms with Crippen LogP contribution in [0.1, 0.15) is 37.8 Å². The lowest BCUT2D eigenvalue weighted by molar-refractivity contribution is 0.255. The first-order valence-electron chi connectivity index (χ1n) is 11.6. The van der Waals surface area contributed by atoms with Crippen LogP contribution in [0.4, 0.5) is 0 Å². The summed E-state index contributed by atoms with van der Waals surface area (Å²) < 4.78 is 6.13. The van der Waals surface area contributed by atoms with Crippen LogP contribution in [0.2, 0.25) is 0 Å². The minimum absolute atomic E-state index is 0.722. The van der Waals surface area contributed by atoms with E-state index in [-0.39, 0.29) is 0 Å². The number of para-hydroxylation sites is 1. The summed E-state index contributed by atoms with van der Waals surface area (Å²) in [5, 5.41) is 3.93. The fraction of sp³-hybridized carbons (Fsp3) is 0.321. The van der Waals surface area contributed by atoms with Crippen molar-refractivity contribution >= 4 is 21.7 Å². The lowest BCUT2D eigenvalue weighted by Crippen LogP contribution is -2.32. The summed E-state index contributed by atoms with van der Waals surface area (Å²) in [6.07, 6.45) is 3.23. The molecule has 0 saturated heterocycles. The number of nitrogens with zero attached hydrogens (tertiary/aromatic N) is 2. The van der Waals surface area contributed by atoms with Crippen molar-refractivity contribution in [1.82, 2.24) is 9.88 Å². The molecule has 5 rings (SSSR count). The predicted molar refractivity (Wildman–Crippen MR) is 130 cm³/mol. The van der Waals surface area contributed by atoms with Gasteiger partial charge in [-0.15, -0.1) is 0 Å². The van der Waals surface area contributed by atoms with Gasteiger partial charge in [0.25, 0.3) is 0 Å². The van der Waals surface area contributed by atoms with Crippen LogP contribution in [0.15, 0.2) is 60.7 Å². The van der Waals surface area contributed by atoms with Crippen LogP contribution in [0.25, 0.3) is 32.9 Å². The first-order valence-corrected chi connectivity index (χ1v) is 11.6. The highest BCUT2D eigenvalue weighted by molar-refractivity contribution is 6.09. The number of pyridine rings is 1. The van der Waals surface area contributed by atoms with Gasteiger partial charge >= 0.3 is 0 Å². The van der Waals surface area contributed by atoms with Gasteiger partial charge in [0, 0.05) is 24.0 Å². The second-order valence-corrected chi connectivity index (χ2v) is 8.47. The molecule has 0 bridgehead atoms. The normalized spacial score (nSPS) is 14.1. The maximum absolute atomic E-state index is 6.13. The van der Waals surface area contributed by atoms with Gasteiger partial charge in [0.05, 0.1) is 17.8 Å². The van der Waals surface area contributed by atoms with Crippen LogP contribution in [0, 0.1) is 0 Å². The summed E-state index contributed by atoms with van der Waals surface area (Å²) >= 11 is 0. The molecule has 1 aromatic heterocycles. The molecule has 0 aliphatic carbocycles. The molecule has 2 heterocycles. The SMILES string of the molecule is CCCOc1ccccc1-c1nc2ccc3ccccc3c2c2c1CN(CCC)CC2. The van der Waals surface area contributed by atoms with Gasteiger partial charge < -0.3 is 4.74 Å². The van der Waals surface area contributed by atoms with E-state index in [0.29, 0.717) is 0 Å². The van der Waals surface area contributed by atoms with Crippen molar-refractivity contribution in [3.63, 3.8) is 0 Å². The van der Waals surface area contributed by atoms with Crippen molar-refractivity contribution in [1.29, 1.82) is 0 Å². The number of benzene rings is 3. The van der Waals surface area contributed by atoms with Gasteiger partial charge in [-0.05, 0) is 65.9 Å². The van der Waals surface area contributed by atoms with Crippen LogP contribution in [-0.4, -0.2) is 29.6 Å². The van der Waals surface area contributed by atoms with Crippen LogP contribution < -0.4 is 4.74 Å². The summed E-state index contributed by atoms with van der Waals surface area (Å²) in [4.78, 5) is 7.83. The van der Waals surface area contributed by atoms with E-state index in [1.54, 1.807) is 0 Å². The molecule has 4 aromatic rings. The third-order valence-corrected chi connectivity index (χ3v) is 6.29. The fourth-order valence-corrected chi connectivity index (χ4v) is 4.90. The summed E-state index contributed by atoms with van der Waals surface area (Å²) in [6, 6.07) is 21.5. The van der Waals surface area contributed by atoms with Crippen molar-refractivity contribution in [2.24, 2.45) is 0 Å². The molecule has 0 atom stereocenters. The molecule has 0 amide bonds. The molecule has 3 heteroatoms. The minimum atomic E-state index is 0.722. The molecule has 0 radical (unpaired) electrons. The number of fused-ring (bicyclic) bond motifs is 5. The van der Waals surface area contributed by atoms with Gasteiger partial charge in [-0.1, -0.05) is 56.3 Å². The van der Waals surface area contributed by atoms with E-state index in [0.717, 1.165) is 61.6 Å². The summed E-state index contributed by atoms with van der Waals surface area (Å²) in [7, 11) is 0. The van der Waals surface area contributed by atoms with Crippen LogP contribution in [0.3, 0.4) is 0 Å². The Labute approximate surface area is 184 Å². The molecular weight excluding hydrogens is 380 g/mol. The van der Waals surface area contributed by atoms with Crippen LogP contribution in [-0.2, 0) is 13.0 Å². The Hall–Kier alpha value is -2.91. The second-order valence-electron chi connectivity index (χ2n) is 8.47. The topological polar surface area (TPSA) is 25.4 Å². The molecule has 0 fully saturated rings. The molecule has 158 valence electrons. The average molecular weight is 411 g/mol. The molecule has 0 saturated carbocycles. The Kier molecular flexibility index (Phi) is 5.61. The van der Waals surface area contributed by atoms with Gasteiger partial charge in [0.15, 0.2) is 0 Å². The molecule has 1 aliphatic rings. The average Bonchev–Trinajstić information content (AvgIpc) is 2.82. The van der Waals surface area contributed by atoms with Crippen molar-refractivity contribution in [3.8, 4) is 17.0 Å². The van der Waals surface area contributed by atoms with Gasteiger partial charge in [0.1, 0.15) is 5.75 Å². The number of rotatable bonds is 6. The molecule has 0 N–H and O–H groups in total. The zero-order valence-corrected chi connectivity index (χ0v) is 18.5. The number of hydrogen-bond acceptors (Lipinski definition) is 3. The standard InChI is InChI=1S/C28H30N2O/c1-3-16-30-17-15-22-24(19-30)28(23-11-7-8-12-26(23)31-18-4-2)29-25-14-13-20-9-5-6-10-21(20)27(22)25/h5-14H,3-4,15-19H2,1-2H3. The predicted octanol–water partition coefficient (Wildman–Crippen LogP) is 6.61. The third-order valence-electron chi connectivity index (χ3n) is 6.29. The van der Waals surface area contributed by atoms with Crippen molar-refractivity contribution < 1.29 is 4.74 Å².